The number of para-hydroxylation sites is 1. The molecular weight excluding hydrogens is 242 g/mol. The maximum absolute atomic E-state index is 9.77. The fourth-order valence-corrected chi connectivity index (χ4v) is 2.05. The summed E-state index contributed by atoms with van der Waals surface area (Å²) in [6.07, 6.45) is 3.58. The van der Waals surface area contributed by atoms with Crippen molar-refractivity contribution in [2.24, 2.45) is 11.7 Å². The van der Waals surface area contributed by atoms with Gasteiger partial charge in [-0.2, -0.15) is 0 Å². The summed E-state index contributed by atoms with van der Waals surface area (Å²) >= 11 is 3.29. The molecule has 0 aliphatic heterocycles. The van der Waals surface area contributed by atoms with Crippen LogP contribution in [0.2, 0.25) is 0 Å². The fourth-order valence-electron chi connectivity index (χ4n) is 1.67. The number of nitrogens with two attached hydrogens (primary N) is 1. The van der Waals surface area contributed by atoms with Crippen molar-refractivity contribution in [3.8, 4) is 5.75 Å². The van der Waals surface area contributed by atoms with Gasteiger partial charge in [-0.05, 0) is 34.3 Å². The van der Waals surface area contributed by atoms with E-state index < -0.39 is 0 Å². The largest absolute Gasteiger partial charge is 0.506 e. The average Bonchev–Trinajstić information content (AvgIpc) is 2.93. The van der Waals surface area contributed by atoms with Gasteiger partial charge in [0.25, 0.3) is 0 Å². The van der Waals surface area contributed by atoms with Crippen LogP contribution in [0.3, 0.4) is 0 Å². The molecule has 1 fully saturated rings. The molecule has 0 spiro atoms. The minimum Gasteiger partial charge on any atom is -0.506 e. The highest BCUT2D eigenvalue weighted by Gasteiger charge is 2.25. The monoisotopic (exact) mass is 255 g/mol. The molecule has 0 radical (unpaired) electrons. The van der Waals surface area contributed by atoms with Crippen LogP contribution < -0.4 is 5.73 Å². The predicted octanol–water partition coefficient (Wildman–Crippen LogP) is 2.95. The molecular formula is C11H14BrNO. The molecule has 1 saturated carbocycles. The quantitative estimate of drug-likeness (QED) is 0.873. The van der Waals surface area contributed by atoms with E-state index in [4.69, 9.17) is 5.73 Å². The Hall–Kier alpha value is -0.540. The number of halogens is 1. The van der Waals surface area contributed by atoms with Gasteiger partial charge in [0.15, 0.2) is 0 Å². The third-order valence-corrected chi connectivity index (χ3v) is 3.34. The van der Waals surface area contributed by atoms with Crippen LogP contribution in [0.5, 0.6) is 5.75 Å². The number of hydrogen-bond donors (Lipinski definition) is 2. The highest BCUT2D eigenvalue weighted by atomic mass is 79.9. The van der Waals surface area contributed by atoms with Gasteiger partial charge in [0, 0.05) is 11.6 Å². The maximum Gasteiger partial charge on any atom is 0.134 e. The van der Waals surface area contributed by atoms with E-state index in [2.05, 4.69) is 15.9 Å². The molecule has 1 atom stereocenters. The van der Waals surface area contributed by atoms with Crippen LogP contribution in [0.4, 0.5) is 0 Å². The van der Waals surface area contributed by atoms with Crippen LogP contribution >= 0.6 is 15.9 Å². The third-order valence-electron chi connectivity index (χ3n) is 2.70. The average molecular weight is 256 g/mol. The summed E-state index contributed by atoms with van der Waals surface area (Å²) in [5, 5.41) is 9.77. The molecule has 1 aromatic rings. The number of aromatic hydroxyl groups is 1. The summed E-state index contributed by atoms with van der Waals surface area (Å²) in [6.45, 7) is 0. The van der Waals surface area contributed by atoms with Crippen molar-refractivity contribution in [2.75, 3.05) is 0 Å². The van der Waals surface area contributed by atoms with Gasteiger partial charge in [-0.3, -0.25) is 0 Å². The second-order valence-electron chi connectivity index (χ2n) is 3.96. The van der Waals surface area contributed by atoms with E-state index in [1.54, 1.807) is 0 Å². The fraction of sp³-hybridized carbons (Fsp3) is 0.455. The van der Waals surface area contributed by atoms with Gasteiger partial charge < -0.3 is 10.8 Å². The molecule has 2 rings (SSSR count). The zero-order valence-electron chi connectivity index (χ0n) is 7.91. The van der Waals surface area contributed by atoms with Gasteiger partial charge in [0.2, 0.25) is 0 Å². The molecule has 1 aliphatic carbocycles. The van der Waals surface area contributed by atoms with E-state index >= 15 is 0 Å². The molecule has 0 saturated heterocycles. The molecule has 0 amide bonds. The van der Waals surface area contributed by atoms with Crippen LogP contribution in [0.15, 0.2) is 22.7 Å². The Balaban J connectivity index is 2.16. The summed E-state index contributed by atoms with van der Waals surface area (Å²) in [4.78, 5) is 0. The normalized spacial score (nSPS) is 18.1. The first kappa shape index (κ1) is 9.99. The van der Waals surface area contributed by atoms with Gasteiger partial charge in [0.05, 0.1) is 4.47 Å². The standard InChI is InChI=1S/C11H14BrNO/c12-9-3-1-2-8(11(9)14)10(13)6-7-4-5-7/h1-3,7,10,14H,4-6,13H2/t10-/m0/s1. The van der Waals surface area contributed by atoms with Crippen molar-refractivity contribution in [2.45, 2.75) is 25.3 Å². The van der Waals surface area contributed by atoms with Crippen molar-refractivity contribution >= 4 is 15.9 Å². The number of hydrogen-bond acceptors (Lipinski definition) is 2. The van der Waals surface area contributed by atoms with Crippen molar-refractivity contribution in [1.29, 1.82) is 0 Å². The molecule has 3 N–H and O–H groups in total. The van der Waals surface area contributed by atoms with Crippen LogP contribution in [-0.4, -0.2) is 5.11 Å². The molecule has 0 unspecified atom stereocenters. The topological polar surface area (TPSA) is 46.2 Å². The smallest absolute Gasteiger partial charge is 0.134 e. The van der Waals surface area contributed by atoms with Gasteiger partial charge in [0.1, 0.15) is 5.75 Å². The Morgan fingerprint density at radius 2 is 2.21 bits per heavy atom. The molecule has 1 aromatic carbocycles. The first-order chi connectivity index (χ1) is 6.68. The summed E-state index contributed by atoms with van der Waals surface area (Å²) in [5.41, 5.74) is 6.88. The molecule has 3 heteroatoms. The van der Waals surface area contributed by atoms with Crippen molar-refractivity contribution in [3.63, 3.8) is 0 Å². The van der Waals surface area contributed by atoms with Gasteiger partial charge in [-0.25, -0.2) is 0 Å². The van der Waals surface area contributed by atoms with E-state index in [-0.39, 0.29) is 6.04 Å². The van der Waals surface area contributed by atoms with E-state index in [1.165, 1.54) is 12.8 Å². The number of rotatable bonds is 3. The SMILES string of the molecule is N[C@@H](CC1CC1)c1cccc(Br)c1O. The Kier molecular flexibility index (Phi) is 2.79. The number of benzene rings is 1. The molecule has 76 valence electrons. The van der Waals surface area contributed by atoms with E-state index in [0.717, 1.165) is 22.4 Å². The first-order valence-corrected chi connectivity index (χ1v) is 5.70. The summed E-state index contributed by atoms with van der Waals surface area (Å²) in [5.74, 6) is 1.07. The summed E-state index contributed by atoms with van der Waals surface area (Å²) in [6, 6.07) is 5.60. The lowest BCUT2D eigenvalue weighted by molar-refractivity contribution is 0.452. The van der Waals surface area contributed by atoms with Gasteiger partial charge >= 0.3 is 0 Å². The Morgan fingerprint density at radius 3 is 2.86 bits per heavy atom. The lowest BCUT2D eigenvalue weighted by Gasteiger charge is -2.13. The third kappa shape index (κ3) is 2.10. The molecule has 2 nitrogen and oxygen atoms in total. The van der Waals surface area contributed by atoms with Gasteiger partial charge in [-0.1, -0.05) is 25.0 Å². The number of phenolic OH excluding ortho intramolecular Hbond substituents is 1. The highest BCUT2D eigenvalue weighted by Crippen LogP contribution is 2.39. The Labute approximate surface area is 92.3 Å². The van der Waals surface area contributed by atoms with E-state index in [9.17, 15) is 5.11 Å². The lowest BCUT2D eigenvalue weighted by atomic mass is 10.0. The minimum absolute atomic E-state index is 0.0278. The molecule has 0 aromatic heterocycles. The van der Waals surface area contributed by atoms with Crippen LogP contribution in [0.25, 0.3) is 0 Å². The molecule has 14 heavy (non-hydrogen) atoms. The molecule has 1 aliphatic rings. The zero-order valence-corrected chi connectivity index (χ0v) is 9.50. The van der Waals surface area contributed by atoms with E-state index in [1.807, 2.05) is 18.2 Å². The number of phenols is 1. The first-order valence-electron chi connectivity index (χ1n) is 4.91. The molecule has 0 bridgehead atoms. The minimum atomic E-state index is -0.0278. The van der Waals surface area contributed by atoms with Crippen LogP contribution in [0, 0.1) is 5.92 Å². The zero-order chi connectivity index (χ0) is 10.1. The predicted molar refractivity (Wildman–Crippen MR) is 60.1 cm³/mol. The van der Waals surface area contributed by atoms with Crippen molar-refractivity contribution < 1.29 is 5.11 Å². The van der Waals surface area contributed by atoms with Crippen molar-refractivity contribution in [1.82, 2.24) is 0 Å². The molecule has 0 heterocycles. The summed E-state index contributed by atoms with van der Waals surface area (Å²) < 4.78 is 0.723. The highest BCUT2D eigenvalue weighted by molar-refractivity contribution is 9.10. The second kappa shape index (κ2) is 3.91. The van der Waals surface area contributed by atoms with E-state index in [0.29, 0.717) is 5.75 Å². The van der Waals surface area contributed by atoms with Crippen molar-refractivity contribution in [3.05, 3.63) is 28.2 Å². The summed E-state index contributed by atoms with van der Waals surface area (Å²) in [7, 11) is 0. The van der Waals surface area contributed by atoms with Gasteiger partial charge in [-0.15, -0.1) is 0 Å². The van der Waals surface area contributed by atoms with Crippen LogP contribution in [-0.2, 0) is 0 Å². The Bertz CT molecular complexity index is 336. The van der Waals surface area contributed by atoms with Crippen LogP contribution in [0.1, 0.15) is 30.9 Å². The lowest BCUT2D eigenvalue weighted by Crippen LogP contribution is -2.11. The maximum atomic E-state index is 9.77. The Morgan fingerprint density at radius 1 is 1.50 bits per heavy atom. The second-order valence-corrected chi connectivity index (χ2v) is 4.82.